The standard InChI is InChI=1S/C37H30N4OS/c1-42-35-20-28(26-10-4-2-5-11-26)16-17-29(35)24-41-25-38-22-31(41)23-39-30-18-19-32(33(21-30)27-12-6-3-7-13-27)37-40-34-14-8-9-15-36(34)43-37/h2-22,25,39H,23-24H2,1H3. The number of hydrogen-bond acceptors (Lipinski definition) is 5. The third-order valence-electron chi connectivity index (χ3n) is 7.64. The molecule has 5 nitrogen and oxygen atoms in total. The van der Waals surface area contributed by atoms with Crippen molar-refractivity contribution in [2.24, 2.45) is 0 Å². The molecule has 0 radical (unpaired) electrons. The molecule has 0 saturated heterocycles. The molecule has 1 N–H and O–H groups in total. The Morgan fingerprint density at radius 1 is 0.744 bits per heavy atom. The van der Waals surface area contributed by atoms with Gasteiger partial charge in [0.25, 0.3) is 0 Å². The van der Waals surface area contributed by atoms with Gasteiger partial charge in [0, 0.05) is 23.0 Å². The zero-order valence-electron chi connectivity index (χ0n) is 23.8. The molecule has 2 aromatic heterocycles. The minimum Gasteiger partial charge on any atom is -0.496 e. The highest BCUT2D eigenvalue weighted by Crippen LogP contribution is 2.38. The van der Waals surface area contributed by atoms with Crippen LogP contribution in [-0.4, -0.2) is 21.6 Å². The normalized spacial score (nSPS) is 11.1. The number of hydrogen-bond donors (Lipinski definition) is 1. The summed E-state index contributed by atoms with van der Waals surface area (Å²) in [4.78, 5) is 9.42. The predicted molar refractivity (Wildman–Crippen MR) is 178 cm³/mol. The van der Waals surface area contributed by atoms with Crippen molar-refractivity contribution in [3.05, 3.63) is 145 Å². The van der Waals surface area contributed by atoms with Crippen LogP contribution in [0.3, 0.4) is 0 Å². The molecule has 5 aromatic carbocycles. The van der Waals surface area contributed by atoms with Crippen LogP contribution in [0.1, 0.15) is 11.3 Å². The SMILES string of the molecule is COc1cc(-c2ccccc2)ccc1Cn1cncc1CNc1ccc(-c2nc3ccccc3s2)c(-c2ccccc2)c1. The number of nitrogens with one attached hydrogen (secondary N) is 1. The molecule has 0 unspecified atom stereocenters. The number of para-hydroxylation sites is 1. The number of thiazole rings is 1. The lowest BCUT2D eigenvalue weighted by molar-refractivity contribution is 0.408. The molecule has 0 aliphatic heterocycles. The monoisotopic (exact) mass is 578 g/mol. The molecule has 6 heteroatoms. The summed E-state index contributed by atoms with van der Waals surface area (Å²) in [5.41, 5.74) is 10.0. The fourth-order valence-corrected chi connectivity index (χ4v) is 6.39. The van der Waals surface area contributed by atoms with Crippen LogP contribution in [0.25, 0.3) is 43.0 Å². The summed E-state index contributed by atoms with van der Waals surface area (Å²) in [6, 6.07) is 42.1. The van der Waals surface area contributed by atoms with Gasteiger partial charge in [0.15, 0.2) is 0 Å². The fourth-order valence-electron chi connectivity index (χ4n) is 5.38. The molecule has 7 aromatic rings. The number of aromatic nitrogens is 3. The van der Waals surface area contributed by atoms with Gasteiger partial charge in [0.2, 0.25) is 0 Å². The van der Waals surface area contributed by atoms with Gasteiger partial charge in [0.1, 0.15) is 10.8 Å². The molecule has 7 rings (SSSR count). The molecule has 43 heavy (non-hydrogen) atoms. The Labute approximate surface area is 255 Å². The van der Waals surface area contributed by atoms with Gasteiger partial charge in [-0.25, -0.2) is 9.97 Å². The smallest absolute Gasteiger partial charge is 0.125 e. The van der Waals surface area contributed by atoms with Crippen molar-refractivity contribution < 1.29 is 4.74 Å². The largest absolute Gasteiger partial charge is 0.496 e. The van der Waals surface area contributed by atoms with Gasteiger partial charge < -0.3 is 14.6 Å². The molecule has 0 aliphatic carbocycles. The Morgan fingerprint density at radius 3 is 2.30 bits per heavy atom. The van der Waals surface area contributed by atoms with E-state index in [1.807, 2.05) is 30.7 Å². The molecule has 0 amide bonds. The second kappa shape index (κ2) is 12.0. The number of rotatable bonds is 9. The van der Waals surface area contributed by atoms with E-state index in [2.05, 4.69) is 118 Å². The highest BCUT2D eigenvalue weighted by atomic mass is 32.1. The molecule has 210 valence electrons. The maximum Gasteiger partial charge on any atom is 0.125 e. The van der Waals surface area contributed by atoms with Crippen LogP contribution in [0.2, 0.25) is 0 Å². The van der Waals surface area contributed by atoms with E-state index in [1.54, 1.807) is 18.4 Å². The van der Waals surface area contributed by atoms with Crippen LogP contribution in [0.5, 0.6) is 5.75 Å². The van der Waals surface area contributed by atoms with Crippen molar-refractivity contribution in [2.45, 2.75) is 13.1 Å². The lowest BCUT2D eigenvalue weighted by Gasteiger charge is -2.15. The van der Waals surface area contributed by atoms with Gasteiger partial charge in [-0.2, -0.15) is 0 Å². The second-order valence-electron chi connectivity index (χ2n) is 10.4. The first-order chi connectivity index (χ1) is 21.2. The van der Waals surface area contributed by atoms with E-state index in [9.17, 15) is 0 Å². The first kappa shape index (κ1) is 26.7. The number of nitrogens with zero attached hydrogens (tertiary/aromatic N) is 3. The number of anilines is 1. The molecule has 0 bridgehead atoms. The van der Waals surface area contributed by atoms with E-state index in [1.165, 1.54) is 10.3 Å². The quantitative estimate of drug-likeness (QED) is 0.186. The van der Waals surface area contributed by atoms with E-state index in [0.29, 0.717) is 13.1 Å². The third-order valence-corrected chi connectivity index (χ3v) is 8.71. The van der Waals surface area contributed by atoms with Crippen LogP contribution < -0.4 is 10.1 Å². The Bertz CT molecular complexity index is 1960. The molecule has 0 saturated carbocycles. The molecule has 0 fully saturated rings. The second-order valence-corrected chi connectivity index (χ2v) is 11.4. The van der Waals surface area contributed by atoms with Gasteiger partial charge in [-0.05, 0) is 58.7 Å². The maximum atomic E-state index is 5.79. The maximum absolute atomic E-state index is 5.79. The fraction of sp³-hybridized carbons (Fsp3) is 0.0811. The number of ether oxygens (including phenoxy) is 1. The average molecular weight is 579 g/mol. The lowest BCUT2D eigenvalue weighted by Crippen LogP contribution is -2.09. The van der Waals surface area contributed by atoms with E-state index >= 15 is 0 Å². The van der Waals surface area contributed by atoms with Crippen LogP contribution in [0.15, 0.2) is 134 Å². The van der Waals surface area contributed by atoms with Crippen LogP contribution in [-0.2, 0) is 13.1 Å². The average Bonchev–Trinajstić information content (AvgIpc) is 3.71. The summed E-state index contributed by atoms with van der Waals surface area (Å²) >= 11 is 1.73. The topological polar surface area (TPSA) is 52.0 Å². The van der Waals surface area contributed by atoms with Gasteiger partial charge >= 0.3 is 0 Å². The van der Waals surface area contributed by atoms with Crippen molar-refractivity contribution in [1.82, 2.24) is 14.5 Å². The molecular formula is C37H30N4OS. The van der Waals surface area contributed by atoms with E-state index in [4.69, 9.17) is 9.72 Å². The summed E-state index contributed by atoms with van der Waals surface area (Å²) in [5, 5.41) is 4.66. The lowest BCUT2D eigenvalue weighted by atomic mass is 9.99. The van der Waals surface area contributed by atoms with Crippen LogP contribution in [0, 0.1) is 0 Å². The first-order valence-corrected chi connectivity index (χ1v) is 15.1. The van der Waals surface area contributed by atoms with E-state index in [-0.39, 0.29) is 0 Å². The van der Waals surface area contributed by atoms with Gasteiger partial charge in [0.05, 0.1) is 42.4 Å². The van der Waals surface area contributed by atoms with E-state index in [0.717, 1.165) is 55.5 Å². The Balaban J connectivity index is 1.13. The van der Waals surface area contributed by atoms with Crippen molar-refractivity contribution in [1.29, 1.82) is 0 Å². The molecule has 0 spiro atoms. The molecule has 0 aliphatic rings. The summed E-state index contributed by atoms with van der Waals surface area (Å²) in [5.74, 6) is 0.868. The number of benzene rings is 5. The number of fused-ring (bicyclic) bond motifs is 1. The minimum absolute atomic E-state index is 0.638. The number of imidazole rings is 1. The highest BCUT2D eigenvalue weighted by molar-refractivity contribution is 7.21. The Kier molecular flexibility index (Phi) is 7.42. The van der Waals surface area contributed by atoms with Gasteiger partial charge in [-0.15, -0.1) is 11.3 Å². The first-order valence-electron chi connectivity index (χ1n) is 14.3. The molecule has 0 atom stereocenters. The van der Waals surface area contributed by atoms with Crippen molar-refractivity contribution in [3.63, 3.8) is 0 Å². The summed E-state index contributed by atoms with van der Waals surface area (Å²) < 4.78 is 9.15. The van der Waals surface area contributed by atoms with Gasteiger partial charge in [-0.1, -0.05) is 84.9 Å². The zero-order valence-corrected chi connectivity index (χ0v) is 24.6. The Morgan fingerprint density at radius 2 is 1.51 bits per heavy atom. The van der Waals surface area contributed by atoms with Crippen molar-refractivity contribution >= 4 is 27.2 Å². The molecular weight excluding hydrogens is 549 g/mol. The van der Waals surface area contributed by atoms with Crippen molar-refractivity contribution in [2.75, 3.05) is 12.4 Å². The summed E-state index contributed by atoms with van der Waals surface area (Å²) in [6.45, 7) is 1.31. The third kappa shape index (κ3) is 5.65. The van der Waals surface area contributed by atoms with Gasteiger partial charge in [-0.3, -0.25) is 0 Å². The number of methoxy groups -OCH3 is 1. The minimum atomic E-state index is 0.638. The van der Waals surface area contributed by atoms with Crippen molar-refractivity contribution in [3.8, 4) is 38.6 Å². The highest BCUT2D eigenvalue weighted by Gasteiger charge is 2.14. The predicted octanol–water partition coefficient (Wildman–Crippen LogP) is 9.16. The summed E-state index contributed by atoms with van der Waals surface area (Å²) in [6.07, 6.45) is 3.80. The molecule has 2 heterocycles. The van der Waals surface area contributed by atoms with Crippen LogP contribution in [0.4, 0.5) is 5.69 Å². The summed E-state index contributed by atoms with van der Waals surface area (Å²) in [7, 11) is 1.73. The van der Waals surface area contributed by atoms with E-state index < -0.39 is 0 Å². The Hall–Kier alpha value is -5.20. The zero-order chi connectivity index (χ0) is 29.0. The van der Waals surface area contributed by atoms with Crippen LogP contribution >= 0.6 is 11.3 Å².